The van der Waals surface area contributed by atoms with Crippen molar-refractivity contribution in [3.05, 3.63) is 136 Å². The summed E-state index contributed by atoms with van der Waals surface area (Å²) in [5, 5.41) is 30.9. The Morgan fingerprint density at radius 3 is 1.65 bits per heavy atom. The second-order valence-corrected chi connectivity index (χ2v) is 14.1. The van der Waals surface area contributed by atoms with Crippen LogP contribution in [0.4, 0.5) is 44.7 Å². The van der Waals surface area contributed by atoms with Crippen molar-refractivity contribution in [2.45, 2.75) is 0 Å². The minimum atomic E-state index is -0.985. The first-order valence-corrected chi connectivity index (χ1v) is 19.0. The summed E-state index contributed by atoms with van der Waals surface area (Å²) >= 11 is 0. The Morgan fingerprint density at radius 2 is 1.16 bits per heavy atom. The summed E-state index contributed by atoms with van der Waals surface area (Å²) in [6, 6.07) is 24.5. The normalized spacial score (nSPS) is 11.0. The number of H-pyrrole nitrogens is 2. The first kappa shape index (κ1) is 42.0. The lowest BCUT2D eigenvalue weighted by atomic mass is 10.1. The Bertz CT molecular complexity index is 2900. The molecule has 316 valence electrons. The molecular weight excluding hydrogens is 800 g/mol. The molecule has 4 aromatic carbocycles. The first-order valence-electron chi connectivity index (χ1n) is 19.0. The quantitative estimate of drug-likeness (QED) is 0.0595. The van der Waals surface area contributed by atoms with E-state index in [1.807, 2.05) is 97.9 Å². The van der Waals surface area contributed by atoms with Gasteiger partial charge in [-0.25, -0.2) is 19.9 Å². The lowest BCUT2D eigenvalue weighted by Gasteiger charge is -2.22. The first-order chi connectivity index (χ1) is 29.9. The molecule has 4 N–H and O–H groups in total. The average molecular weight is 841 g/mol. The van der Waals surface area contributed by atoms with Gasteiger partial charge in [0.25, 0.3) is 5.69 Å². The number of likely N-dealkylation sites (N-methyl/N-ethyl adjacent to an activating group) is 2. The molecule has 18 nitrogen and oxygen atoms in total. The number of nitrogens with one attached hydrogen (secondary N) is 4. The van der Waals surface area contributed by atoms with E-state index in [0.29, 0.717) is 35.3 Å². The number of hydrogen-bond donors (Lipinski definition) is 4. The number of ether oxygens (including phenoxy) is 2. The predicted molar refractivity (Wildman–Crippen MR) is 236 cm³/mol. The Labute approximate surface area is 353 Å². The summed E-state index contributed by atoms with van der Waals surface area (Å²) in [5.74, 6) is 0.0783. The zero-order valence-electron chi connectivity index (χ0n) is 34.2. The van der Waals surface area contributed by atoms with Crippen LogP contribution >= 0.6 is 0 Å². The Kier molecular flexibility index (Phi) is 12.4. The highest BCUT2D eigenvalue weighted by atomic mass is 19.1. The van der Waals surface area contributed by atoms with Crippen LogP contribution in [0.3, 0.4) is 0 Å². The minimum absolute atomic E-state index is 0.0302. The maximum atomic E-state index is 13.8. The fraction of sp³-hybridized carbons (Fsp3) is 0.163. The Morgan fingerprint density at radius 1 is 0.677 bits per heavy atom. The molecule has 0 saturated carbocycles. The number of para-hydroxylation sites is 2. The molecule has 8 aromatic rings. The van der Waals surface area contributed by atoms with Gasteiger partial charge < -0.3 is 39.9 Å². The Balaban J connectivity index is 0.000000190. The molecule has 0 saturated heterocycles. The lowest BCUT2D eigenvalue weighted by molar-refractivity contribution is -0.387. The molecule has 0 aliphatic heterocycles. The van der Waals surface area contributed by atoms with Gasteiger partial charge in [-0.1, -0.05) is 36.4 Å². The monoisotopic (exact) mass is 840 g/mol. The highest BCUT2D eigenvalue weighted by Gasteiger charge is 2.23. The molecule has 0 aliphatic carbocycles. The maximum Gasteiger partial charge on any atom is 0.307 e. The highest BCUT2D eigenvalue weighted by molar-refractivity contribution is 5.95. The second-order valence-electron chi connectivity index (χ2n) is 14.1. The molecule has 62 heavy (non-hydrogen) atoms. The fourth-order valence-corrected chi connectivity index (χ4v) is 6.64. The van der Waals surface area contributed by atoms with Crippen molar-refractivity contribution >= 4 is 62.1 Å². The largest absolute Gasteiger partial charge is 0.494 e. The molecule has 4 aromatic heterocycles. The van der Waals surface area contributed by atoms with Crippen LogP contribution in [0.15, 0.2) is 110 Å². The summed E-state index contributed by atoms with van der Waals surface area (Å²) in [6.45, 7) is 1.38. The van der Waals surface area contributed by atoms with Gasteiger partial charge >= 0.3 is 5.69 Å². The van der Waals surface area contributed by atoms with Crippen LogP contribution in [0.25, 0.3) is 44.3 Å². The Hall–Kier alpha value is -8.19. The maximum absolute atomic E-state index is 13.8. The summed E-state index contributed by atoms with van der Waals surface area (Å²) < 4.78 is 24.5. The van der Waals surface area contributed by atoms with E-state index in [1.165, 1.54) is 20.3 Å². The number of aromatic amines is 2. The van der Waals surface area contributed by atoms with Crippen LogP contribution in [-0.4, -0.2) is 93.1 Å². The molecular formula is C43H41FN12O6. The number of anilines is 5. The number of hydrogen-bond acceptors (Lipinski definition) is 14. The molecule has 4 heterocycles. The molecule has 0 bridgehead atoms. The van der Waals surface area contributed by atoms with E-state index in [-0.39, 0.29) is 23.1 Å². The minimum Gasteiger partial charge on any atom is -0.494 e. The van der Waals surface area contributed by atoms with E-state index in [0.717, 1.165) is 57.3 Å². The molecule has 0 fully saturated rings. The van der Waals surface area contributed by atoms with E-state index < -0.39 is 21.4 Å². The van der Waals surface area contributed by atoms with Gasteiger partial charge in [0, 0.05) is 102 Å². The smallest absolute Gasteiger partial charge is 0.307 e. The number of nitro groups is 2. The van der Waals surface area contributed by atoms with Gasteiger partial charge in [0.2, 0.25) is 17.7 Å². The topological polar surface area (TPSA) is 218 Å². The van der Waals surface area contributed by atoms with Gasteiger partial charge in [-0.05, 0) is 38.4 Å². The van der Waals surface area contributed by atoms with Gasteiger partial charge in [-0.15, -0.1) is 0 Å². The second kappa shape index (κ2) is 18.4. The number of aromatic nitrogens is 6. The fourth-order valence-electron chi connectivity index (χ4n) is 6.64. The van der Waals surface area contributed by atoms with Gasteiger partial charge in [-0.3, -0.25) is 20.2 Å². The van der Waals surface area contributed by atoms with E-state index in [9.17, 15) is 24.6 Å². The molecule has 0 radical (unpaired) electrons. The summed E-state index contributed by atoms with van der Waals surface area (Å²) in [5.41, 5.74) is 5.57. The molecule has 0 unspecified atom stereocenters. The van der Waals surface area contributed by atoms with Gasteiger partial charge in [0.1, 0.15) is 17.2 Å². The van der Waals surface area contributed by atoms with E-state index in [1.54, 1.807) is 24.5 Å². The van der Waals surface area contributed by atoms with Crippen LogP contribution < -0.4 is 25.0 Å². The van der Waals surface area contributed by atoms with Crippen LogP contribution in [0.2, 0.25) is 0 Å². The van der Waals surface area contributed by atoms with E-state index in [2.05, 4.69) is 40.5 Å². The summed E-state index contributed by atoms with van der Waals surface area (Å²) in [7, 11) is 8.61. The van der Waals surface area contributed by atoms with Gasteiger partial charge in [0.15, 0.2) is 0 Å². The van der Waals surface area contributed by atoms with Crippen LogP contribution in [0.1, 0.15) is 0 Å². The number of rotatable bonds is 14. The summed E-state index contributed by atoms with van der Waals surface area (Å²) in [6.07, 6.45) is 6.97. The van der Waals surface area contributed by atoms with Crippen molar-refractivity contribution in [2.75, 3.05) is 64.0 Å². The summed E-state index contributed by atoms with van der Waals surface area (Å²) in [4.78, 5) is 49.5. The standard InChI is InChI=1S/C24H27N7O3.C19H14FN5O3/c1-29(2)11-12-30(3)21-14-23(34-4)20(13-22(21)31(32)33)28-24-25-10-9-19(27-24)17-15-26-18-8-6-5-7-16(17)18;1-28-18-8-13(20)17(25(26)27)9-16(18)24-19-21-7-6-15(23-19)12-10-22-14-5-3-2-4-11(12)14/h5-10,13-15,26H,11-12H2,1-4H3,(H,25,27,28);2-10,22H,1H3,(H,21,23,24). The van der Waals surface area contributed by atoms with Gasteiger partial charge in [0.05, 0.1) is 46.8 Å². The molecule has 8 rings (SSSR count). The molecule has 0 atom stereocenters. The number of halogens is 1. The number of benzene rings is 4. The zero-order valence-corrected chi connectivity index (χ0v) is 34.2. The molecule has 19 heteroatoms. The van der Waals surface area contributed by atoms with Crippen LogP contribution in [-0.2, 0) is 0 Å². The number of fused-ring (bicyclic) bond motifs is 2. The van der Waals surface area contributed by atoms with Crippen molar-refractivity contribution in [3.8, 4) is 34.0 Å². The van der Waals surface area contributed by atoms with Crippen molar-refractivity contribution < 1.29 is 23.7 Å². The van der Waals surface area contributed by atoms with Gasteiger partial charge in [-0.2, -0.15) is 4.39 Å². The third-order valence-corrected chi connectivity index (χ3v) is 9.79. The molecule has 0 spiro atoms. The van der Waals surface area contributed by atoms with Crippen molar-refractivity contribution in [1.29, 1.82) is 0 Å². The highest BCUT2D eigenvalue weighted by Crippen LogP contribution is 2.39. The van der Waals surface area contributed by atoms with Crippen molar-refractivity contribution in [1.82, 2.24) is 34.8 Å². The SMILES string of the molecule is COc1cc(F)c([N+](=O)[O-])cc1Nc1nccc(-c2c[nH]c3ccccc23)n1.COc1cc(N(C)CCN(C)C)c([N+](=O)[O-])cc1Nc1nccc(-c2c[nH]c3ccccc23)n1. The van der Waals surface area contributed by atoms with E-state index >= 15 is 0 Å². The van der Waals surface area contributed by atoms with Crippen LogP contribution in [0.5, 0.6) is 11.5 Å². The van der Waals surface area contributed by atoms with Crippen LogP contribution in [0, 0.1) is 26.0 Å². The number of nitrogens with zero attached hydrogens (tertiary/aromatic N) is 8. The lowest BCUT2D eigenvalue weighted by Crippen LogP contribution is -2.28. The molecule has 0 amide bonds. The van der Waals surface area contributed by atoms with E-state index in [4.69, 9.17) is 9.47 Å². The van der Waals surface area contributed by atoms with Crippen molar-refractivity contribution in [3.63, 3.8) is 0 Å². The number of methoxy groups -OCH3 is 2. The third kappa shape index (κ3) is 9.16. The molecule has 0 aliphatic rings. The average Bonchev–Trinajstić information content (AvgIpc) is 3.91. The predicted octanol–water partition coefficient (Wildman–Crippen LogP) is 8.71. The third-order valence-electron chi connectivity index (χ3n) is 9.79. The zero-order chi connectivity index (χ0) is 43.9. The van der Waals surface area contributed by atoms with Crippen molar-refractivity contribution in [2.24, 2.45) is 0 Å². The number of nitro benzene ring substituents is 2.